The number of nitrogens with one attached hydrogen (secondary N) is 2. The average molecular weight is 399 g/mol. The Morgan fingerprint density at radius 3 is 2.55 bits per heavy atom. The van der Waals surface area contributed by atoms with E-state index in [9.17, 15) is 18.4 Å². The Balaban J connectivity index is 1.56. The van der Waals surface area contributed by atoms with Crippen molar-refractivity contribution in [3.63, 3.8) is 0 Å². The second-order valence-corrected chi connectivity index (χ2v) is 7.56. The molecule has 0 spiro atoms. The number of halogens is 2. The minimum absolute atomic E-state index is 0.0914. The van der Waals surface area contributed by atoms with Gasteiger partial charge in [-0.2, -0.15) is 0 Å². The third kappa shape index (κ3) is 3.74. The summed E-state index contributed by atoms with van der Waals surface area (Å²) in [6.45, 7) is -0.444. The van der Waals surface area contributed by atoms with E-state index in [1.165, 1.54) is 0 Å². The maximum Gasteiger partial charge on any atom is 0.250 e. The molecule has 1 heterocycles. The molecule has 2 aliphatic rings. The molecule has 2 amide bonds. The molecule has 0 bridgehead atoms. The van der Waals surface area contributed by atoms with E-state index >= 15 is 0 Å². The highest BCUT2D eigenvalue weighted by Crippen LogP contribution is 2.36. The number of fused-ring (bicyclic) bond motifs is 2. The summed E-state index contributed by atoms with van der Waals surface area (Å²) in [6, 6.07) is 14.3. The summed E-state index contributed by atoms with van der Waals surface area (Å²) in [6.07, 6.45) is -1.82. The number of para-hydroxylation sites is 1. The summed E-state index contributed by atoms with van der Waals surface area (Å²) in [5.41, 5.74) is 3.49. The van der Waals surface area contributed by atoms with E-state index in [0.717, 1.165) is 22.4 Å². The fraction of sp³-hybridized carbons (Fsp3) is 0.364. The summed E-state index contributed by atoms with van der Waals surface area (Å²) in [4.78, 5) is 27.1. The van der Waals surface area contributed by atoms with E-state index in [1.807, 2.05) is 48.5 Å². The van der Waals surface area contributed by atoms with Crippen LogP contribution in [0.5, 0.6) is 0 Å². The van der Waals surface area contributed by atoms with Gasteiger partial charge in [0.2, 0.25) is 11.8 Å². The maximum absolute atomic E-state index is 13.1. The molecule has 0 aromatic heterocycles. The molecule has 2 aromatic carbocycles. The molecule has 29 heavy (non-hydrogen) atoms. The van der Waals surface area contributed by atoms with Gasteiger partial charge in [-0.05, 0) is 29.2 Å². The molecule has 0 saturated carbocycles. The predicted octanol–water partition coefficient (Wildman–Crippen LogP) is 2.77. The SMILES string of the molecule is CN1C(=O)C[C@H](C(=O)N[C@H]2Cc3ccccc3[C@@H]2NCC(F)F)c2ccccc21. The Hall–Kier alpha value is -2.80. The number of carbonyl (C=O) groups is 2. The summed E-state index contributed by atoms with van der Waals surface area (Å²) in [5.74, 6) is -0.958. The lowest BCUT2D eigenvalue weighted by molar-refractivity contribution is -0.127. The van der Waals surface area contributed by atoms with Crippen LogP contribution >= 0.6 is 0 Å². The number of rotatable bonds is 5. The van der Waals surface area contributed by atoms with Crippen molar-refractivity contribution in [1.29, 1.82) is 0 Å². The molecule has 2 N–H and O–H groups in total. The van der Waals surface area contributed by atoms with Crippen LogP contribution < -0.4 is 15.5 Å². The van der Waals surface area contributed by atoms with Gasteiger partial charge in [-0.3, -0.25) is 9.59 Å². The molecular formula is C22H23F2N3O2. The number of amides is 2. The van der Waals surface area contributed by atoms with Crippen molar-refractivity contribution in [3.05, 3.63) is 65.2 Å². The van der Waals surface area contributed by atoms with Crippen LogP contribution in [0.3, 0.4) is 0 Å². The molecule has 0 unspecified atom stereocenters. The topological polar surface area (TPSA) is 61.4 Å². The molecule has 1 aliphatic heterocycles. The molecule has 2 aromatic rings. The summed E-state index contributed by atoms with van der Waals surface area (Å²) in [7, 11) is 1.70. The van der Waals surface area contributed by atoms with Gasteiger partial charge in [0.25, 0.3) is 6.43 Å². The van der Waals surface area contributed by atoms with E-state index in [-0.39, 0.29) is 30.3 Å². The second-order valence-electron chi connectivity index (χ2n) is 7.56. The van der Waals surface area contributed by atoms with Crippen molar-refractivity contribution in [2.75, 3.05) is 18.5 Å². The zero-order valence-electron chi connectivity index (χ0n) is 16.1. The van der Waals surface area contributed by atoms with Crippen molar-refractivity contribution < 1.29 is 18.4 Å². The maximum atomic E-state index is 13.1. The van der Waals surface area contributed by atoms with Crippen molar-refractivity contribution >= 4 is 17.5 Å². The van der Waals surface area contributed by atoms with Crippen LogP contribution in [0.4, 0.5) is 14.5 Å². The lowest BCUT2D eigenvalue weighted by atomic mass is 9.88. The Bertz CT molecular complexity index is 934. The molecule has 0 radical (unpaired) electrons. The molecule has 0 saturated heterocycles. The van der Waals surface area contributed by atoms with Gasteiger partial charge in [0.05, 0.1) is 24.5 Å². The van der Waals surface area contributed by atoms with Gasteiger partial charge in [0.1, 0.15) is 0 Å². The molecule has 152 valence electrons. The van der Waals surface area contributed by atoms with E-state index < -0.39 is 18.9 Å². The standard InChI is InChI=1S/C22H23F2N3O2/c1-27-18-9-5-4-8-15(18)16(11-20(27)28)22(29)26-17-10-13-6-2-3-7-14(13)21(17)25-12-19(23)24/h2-9,16-17,19,21,25H,10-12H2,1H3,(H,26,29)/t16-,17-,21-/m0/s1. The third-order valence-electron chi connectivity index (χ3n) is 5.79. The first kappa shape index (κ1) is 19.5. The Kier molecular flexibility index (Phi) is 5.32. The second kappa shape index (κ2) is 7.91. The molecule has 7 heteroatoms. The summed E-state index contributed by atoms with van der Waals surface area (Å²) >= 11 is 0. The molecule has 1 aliphatic carbocycles. The predicted molar refractivity (Wildman–Crippen MR) is 106 cm³/mol. The van der Waals surface area contributed by atoms with E-state index in [4.69, 9.17) is 0 Å². The zero-order valence-corrected chi connectivity index (χ0v) is 16.1. The average Bonchev–Trinajstić information content (AvgIpc) is 3.06. The smallest absolute Gasteiger partial charge is 0.250 e. The Morgan fingerprint density at radius 2 is 1.79 bits per heavy atom. The van der Waals surface area contributed by atoms with Gasteiger partial charge >= 0.3 is 0 Å². The molecule has 3 atom stereocenters. The highest BCUT2D eigenvalue weighted by atomic mass is 19.3. The van der Waals surface area contributed by atoms with Crippen molar-refractivity contribution in [3.8, 4) is 0 Å². The van der Waals surface area contributed by atoms with Crippen LogP contribution in [-0.2, 0) is 16.0 Å². The minimum Gasteiger partial charge on any atom is -0.351 e. The van der Waals surface area contributed by atoms with Gasteiger partial charge in [-0.15, -0.1) is 0 Å². The number of hydrogen-bond donors (Lipinski definition) is 2. The van der Waals surface area contributed by atoms with Crippen LogP contribution in [0.1, 0.15) is 35.1 Å². The number of hydrogen-bond acceptors (Lipinski definition) is 3. The van der Waals surface area contributed by atoms with E-state index in [1.54, 1.807) is 11.9 Å². The number of nitrogens with zero attached hydrogens (tertiary/aromatic N) is 1. The minimum atomic E-state index is -2.47. The van der Waals surface area contributed by atoms with Gasteiger partial charge in [0, 0.05) is 19.2 Å². The first-order valence-corrected chi connectivity index (χ1v) is 9.71. The molecular weight excluding hydrogens is 376 g/mol. The molecule has 5 nitrogen and oxygen atoms in total. The summed E-state index contributed by atoms with van der Waals surface area (Å²) in [5, 5.41) is 5.92. The van der Waals surface area contributed by atoms with Crippen LogP contribution in [-0.4, -0.2) is 37.9 Å². The highest BCUT2D eigenvalue weighted by Gasteiger charge is 2.38. The zero-order chi connectivity index (χ0) is 20.5. The lowest BCUT2D eigenvalue weighted by Gasteiger charge is -2.32. The Morgan fingerprint density at radius 1 is 1.10 bits per heavy atom. The van der Waals surface area contributed by atoms with E-state index in [0.29, 0.717) is 6.42 Å². The van der Waals surface area contributed by atoms with E-state index in [2.05, 4.69) is 10.6 Å². The number of anilines is 1. The fourth-order valence-corrected chi connectivity index (χ4v) is 4.36. The highest BCUT2D eigenvalue weighted by molar-refractivity contribution is 6.02. The number of carbonyl (C=O) groups excluding carboxylic acids is 2. The quantitative estimate of drug-likeness (QED) is 0.813. The molecule has 0 fully saturated rings. The van der Waals surface area contributed by atoms with Gasteiger partial charge in [0.15, 0.2) is 0 Å². The van der Waals surface area contributed by atoms with Gasteiger partial charge in [-0.1, -0.05) is 42.5 Å². The first-order chi connectivity index (χ1) is 14.0. The third-order valence-corrected chi connectivity index (χ3v) is 5.79. The monoisotopic (exact) mass is 399 g/mol. The summed E-state index contributed by atoms with van der Waals surface area (Å²) < 4.78 is 25.6. The van der Waals surface area contributed by atoms with Gasteiger partial charge < -0.3 is 15.5 Å². The van der Waals surface area contributed by atoms with Crippen LogP contribution in [0.15, 0.2) is 48.5 Å². The van der Waals surface area contributed by atoms with Crippen molar-refractivity contribution in [2.45, 2.75) is 37.3 Å². The van der Waals surface area contributed by atoms with Crippen molar-refractivity contribution in [1.82, 2.24) is 10.6 Å². The van der Waals surface area contributed by atoms with Crippen molar-refractivity contribution in [2.24, 2.45) is 0 Å². The van der Waals surface area contributed by atoms with Crippen LogP contribution in [0.25, 0.3) is 0 Å². The largest absolute Gasteiger partial charge is 0.351 e. The molecule has 4 rings (SSSR count). The van der Waals surface area contributed by atoms with Gasteiger partial charge in [-0.25, -0.2) is 8.78 Å². The number of benzene rings is 2. The normalized spacial score (nSPS) is 23.1. The Labute approximate surface area is 168 Å². The lowest BCUT2D eigenvalue weighted by Crippen LogP contribution is -2.47. The number of alkyl halides is 2. The fourth-order valence-electron chi connectivity index (χ4n) is 4.36. The first-order valence-electron chi connectivity index (χ1n) is 9.71. The van der Waals surface area contributed by atoms with Crippen LogP contribution in [0, 0.1) is 0 Å². The van der Waals surface area contributed by atoms with Crippen LogP contribution in [0.2, 0.25) is 0 Å².